The van der Waals surface area contributed by atoms with Crippen LogP contribution in [0, 0.1) is 31.6 Å². The van der Waals surface area contributed by atoms with E-state index in [4.69, 9.17) is 9.16 Å². The maximum Gasteiger partial charge on any atom is 0.313 e. The molecular weight excluding hydrogens is 376 g/mol. The molecule has 0 heterocycles. The second kappa shape index (κ2) is 9.27. The SMILES string of the molecule is C[C@H](COC(=O)[C]1[CH][CH][CH][CH]1)O[Si](c1ccccc1)(c1ccccc1)C(C)(C)C. The number of rotatable bonds is 7. The number of carbonyl (C=O) groups is 1. The zero-order valence-corrected chi connectivity index (χ0v) is 18.6. The Morgan fingerprint density at radius 1 is 0.897 bits per heavy atom. The van der Waals surface area contributed by atoms with Crippen LogP contribution in [0.3, 0.4) is 0 Å². The van der Waals surface area contributed by atoms with Gasteiger partial charge in [0, 0.05) is 0 Å². The Morgan fingerprint density at radius 2 is 1.38 bits per heavy atom. The Labute approximate surface area is 176 Å². The van der Waals surface area contributed by atoms with Gasteiger partial charge in [0.25, 0.3) is 8.32 Å². The van der Waals surface area contributed by atoms with Crippen molar-refractivity contribution >= 4 is 24.7 Å². The summed E-state index contributed by atoms with van der Waals surface area (Å²) in [5, 5.41) is 2.32. The highest BCUT2D eigenvalue weighted by Crippen LogP contribution is 2.37. The summed E-state index contributed by atoms with van der Waals surface area (Å²) < 4.78 is 12.4. The number of esters is 1. The molecule has 0 bridgehead atoms. The molecule has 0 aromatic heterocycles. The molecule has 29 heavy (non-hydrogen) atoms. The van der Waals surface area contributed by atoms with Crippen molar-refractivity contribution in [3.05, 3.63) is 92.3 Å². The molecule has 0 N–H and O–H groups in total. The number of ether oxygens (including phenoxy) is 1. The van der Waals surface area contributed by atoms with Gasteiger partial charge in [-0.05, 0) is 48.0 Å². The summed E-state index contributed by atoms with van der Waals surface area (Å²) in [6, 6.07) is 21.0. The van der Waals surface area contributed by atoms with Crippen molar-refractivity contribution in [1.29, 1.82) is 0 Å². The third-order valence-corrected chi connectivity index (χ3v) is 10.3. The van der Waals surface area contributed by atoms with Crippen LogP contribution in [-0.4, -0.2) is 27.0 Å². The first kappa shape index (κ1) is 21.8. The van der Waals surface area contributed by atoms with E-state index in [1.165, 1.54) is 10.4 Å². The highest BCUT2D eigenvalue weighted by atomic mass is 28.4. The predicted octanol–water partition coefficient (Wildman–Crippen LogP) is 3.90. The van der Waals surface area contributed by atoms with Crippen molar-refractivity contribution < 1.29 is 14.0 Å². The van der Waals surface area contributed by atoms with Crippen LogP contribution in [0.5, 0.6) is 0 Å². The molecule has 1 saturated carbocycles. The Balaban J connectivity index is 1.88. The minimum Gasteiger partial charge on any atom is -0.463 e. The molecule has 0 aliphatic heterocycles. The molecule has 3 nitrogen and oxygen atoms in total. The van der Waals surface area contributed by atoms with Gasteiger partial charge >= 0.3 is 5.97 Å². The normalized spacial score (nSPS) is 16.6. The largest absolute Gasteiger partial charge is 0.463 e. The molecule has 5 radical (unpaired) electrons. The van der Waals surface area contributed by atoms with Crippen molar-refractivity contribution in [2.45, 2.75) is 38.8 Å². The Kier molecular flexibility index (Phi) is 6.96. The molecule has 0 saturated heterocycles. The monoisotopic (exact) mass is 405 g/mol. The van der Waals surface area contributed by atoms with Gasteiger partial charge in [-0.15, -0.1) is 0 Å². The number of hydrogen-bond acceptors (Lipinski definition) is 3. The summed E-state index contributed by atoms with van der Waals surface area (Å²) in [5.74, 6) is 0.260. The van der Waals surface area contributed by atoms with Crippen LogP contribution in [0.2, 0.25) is 5.04 Å². The van der Waals surface area contributed by atoms with Gasteiger partial charge in [-0.2, -0.15) is 0 Å². The number of hydrogen-bond donors (Lipinski definition) is 0. The Bertz CT molecular complexity index is 737. The lowest BCUT2D eigenvalue weighted by atomic mass is 10.1. The van der Waals surface area contributed by atoms with Crippen LogP contribution in [0.25, 0.3) is 0 Å². The zero-order valence-electron chi connectivity index (χ0n) is 17.6. The molecular formula is C25H29O3Si. The average Bonchev–Trinajstić information content (AvgIpc) is 3.25. The van der Waals surface area contributed by atoms with Crippen molar-refractivity contribution in [2.24, 2.45) is 0 Å². The van der Waals surface area contributed by atoms with E-state index in [-0.39, 0.29) is 23.7 Å². The molecule has 1 atom stereocenters. The fourth-order valence-electron chi connectivity index (χ4n) is 3.81. The van der Waals surface area contributed by atoms with E-state index in [2.05, 4.69) is 69.3 Å². The summed E-state index contributed by atoms with van der Waals surface area (Å²) >= 11 is 0. The topological polar surface area (TPSA) is 35.5 Å². The smallest absolute Gasteiger partial charge is 0.313 e. The van der Waals surface area contributed by atoms with E-state index in [9.17, 15) is 4.79 Å². The number of benzene rings is 2. The van der Waals surface area contributed by atoms with Crippen LogP contribution in [0.15, 0.2) is 60.7 Å². The minimum absolute atomic E-state index is 0.111. The van der Waals surface area contributed by atoms with Gasteiger partial charge in [0.05, 0.1) is 12.0 Å². The Morgan fingerprint density at radius 3 is 1.83 bits per heavy atom. The van der Waals surface area contributed by atoms with Gasteiger partial charge in [0.15, 0.2) is 0 Å². The fourth-order valence-corrected chi connectivity index (χ4v) is 8.50. The maximum absolute atomic E-state index is 12.2. The molecule has 2 aromatic rings. The van der Waals surface area contributed by atoms with Gasteiger partial charge in [-0.3, -0.25) is 4.79 Å². The first-order chi connectivity index (χ1) is 13.8. The van der Waals surface area contributed by atoms with E-state index in [1.54, 1.807) is 12.8 Å². The summed E-state index contributed by atoms with van der Waals surface area (Å²) in [6.45, 7) is 8.91. The molecule has 1 aliphatic carbocycles. The summed E-state index contributed by atoms with van der Waals surface area (Å²) in [4.78, 5) is 12.2. The van der Waals surface area contributed by atoms with Gasteiger partial charge in [-0.1, -0.05) is 81.4 Å². The molecule has 2 aromatic carbocycles. The van der Waals surface area contributed by atoms with E-state index in [0.29, 0.717) is 5.92 Å². The van der Waals surface area contributed by atoms with E-state index in [1.807, 2.05) is 31.9 Å². The van der Waals surface area contributed by atoms with Crippen LogP contribution < -0.4 is 10.4 Å². The highest BCUT2D eigenvalue weighted by Gasteiger charge is 2.51. The summed E-state index contributed by atoms with van der Waals surface area (Å²) in [5.41, 5.74) is 0. The molecule has 4 heteroatoms. The molecule has 0 amide bonds. The standard InChI is InChI=1S/C25H29O3Si/c1-20(19-27-24(26)21-13-11-12-14-21)28-29(25(2,3)4,22-15-7-5-8-16-22)23-17-9-6-10-18-23/h5-18,20H,19H2,1-4H3/t20-/m1/s1. The van der Waals surface area contributed by atoms with Crippen LogP contribution >= 0.6 is 0 Å². The van der Waals surface area contributed by atoms with Crippen molar-refractivity contribution in [3.8, 4) is 0 Å². The molecule has 151 valence electrons. The quantitative estimate of drug-likeness (QED) is 0.518. The first-order valence-corrected chi connectivity index (χ1v) is 11.9. The van der Waals surface area contributed by atoms with E-state index < -0.39 is 8.32 Å². The lowest BCUT2D eigenvalue weighted by molar-refractivity contribution is -0.142. The lowest BCUT2D eigenvalue weighted by Crippen LogP contribution is -2.67. The predicted molar refractivity (Wildman–Crippen MR) is 120 cm³/mol. The van der Waals surface area contributed by atoms with Crippen molar-refractivity contribution in [3.63, 3.8) is 0 Å². The molecule has 1 fully saturated rings. The second-order valence-electron chi connectivity index (χ2n) is 8.36. The minimum atomic E-state index is -2.64. The van der Waals surface area contributed by atoms with Gasteiger partial charge < -0.3 is 9.16 Å². The van der Waals surface area contributed by atoms with Crippen molar-refractivity contribution in [1.82, 2.24) is 0 Å². The summed E-state index contributed by atoms with van der Waals surface area (Å²) in [6.07, 6.45) is 6.95. The first-order valence-electron chi connectivity index (χ1n) is 10.0. The molecule has 1 aliphatic rings. The molecule has 0 unspecified atom stereocenters. The van der Waals surface area contributed by atoms with E-state index >= 15 is 0 Å². The van der Waals surface area contributed by atoms with Crippen LogP contribution in [0.1, 0.15) is 27.7 Å². The van der Waals surface area contributed by atoms with Crippen LogP contribution in [0.4, 0.5) is 0 Å². The molecule has 3 rings (SSSR count). The third kappa shape index (κ3) is 4.81. The van der Waals surface area contributed by atoms with Gasteiger partial charge in [-0.25, -0.2) is 0 Å². The average molecular weight is 406 g/mol. The van der Waals surface area contributed by atoms with Gasteiger partial charge in [0.2, 0.25) is 0 Å². The lowest BCUT2D eigenvalue weighted by Gasteiger charge is -2.44. The summed E-state index contributed by atoms with van der Waals surface area (Å²) in [7, 11) is -2.64. The van der Waals surface area contributed by atoms with Gasteiger partial charge in [0.1, 0.15) is 6.61 Å². The highest BCUT2D eigenvalue weighted by molar-refractivity contribution is 6.99. The van der Waals surface area contributed by atoms with Crippen LogP contribution in [-0.2, 0) is 14.0 Å². The fraction of sp³-hybridized carbons (Fsp3) is 0.280. The molecule has 0 spiro atoms. The Hall–Kier alpha value is -1.91. The third-order valence-electron chi connectivity index (χ3n) is 5.14. The van der Waals surface area contributed by atoms with E-state index in [0.717, 1.165) is 0 Å². The zero-order chi connectivity index (χ0) is 20.9. The number of carbonyl (C=O) groups excluding carboxylic acids is 1. The van der Waals surface area contributed by atoms with Crippen molar-refractivity contribution in [2.75, 3.05) is 6.61 Å². The maximum atomic E-state index is 12.2. The second-order valence-corrected chi connectivity index (χ2v) is 12.6.